The van der Waals surface area contributed by atoms with Crippen molar-refractivity contribution < 1.29 is 26.9 Å². The van der Waals surface area contributed by atoms with E-state index in [1.807, 2.05) is 6.92 Å². The second kappa shape index (κ2) is 10.3. The van der Waals surface area contributed by atoms with E-state index in [1.54, 1.807) is 45.0 Å². The van der Waals surface area contributed by atoms with Crippen LogP contribution in [0, 0.1) is 13.8 Å². The third kappa shape index (κ3) is 6.42. The summed E-state index contributed by atoms with van der Waals surface area (Å²) >= 11 is 0. The molecule has 0 saturated carbocycles. The van der Waals surface area contributed by atoms with Gasteiger partial charge >= 0.3 is 16.1 Å². The molecule has 0 heterocycles. The van der Waals surface area contributed by atoms with E-state index < -0.39 is 22.7 Å². The zero-order chi connectivity index (χ0) is 23.2. The summed E-state index contributed by atoms with van der Waals surface area (Å²) in [5, 5.41) is 0. The Morgan fingerprint density at radius 3 is 2.42 bits per heavy atom. The minimum atomic E-state index is -4.18. The van der Waals surface area contributed by atoms with Gasteiger partial charge in [-0.25, -0.2) is 4.79 Å². The van der Waals surface area contributed by atoms with Crippen molar-refractivity contribution in [3.8, 4) is 5.75 Å². The van der Waals surface area contributed by atoms with E-state index in [4.69, 9.17) is 8.92 Å². The fourth-order valence-electron chi connectivity index (χ4n) is 2.85. The van der Waals surface area contributed by atoms with Gasteiger partial charge in [0.05, 0.1) is 0 Å². The molecule has 0 spiro atoms. The van der Waals surface area contributed by atoms with Crippen LogP contribution in [0.3, 0.4) is 0 Å². The van der Waals surface area contributed by atoms with Crippen molar-refractivity contribution in [1.82, 2.24) is 4.90 Å². The quantitative estimate of drug-likeness (QED) is 0.332. The maximum atomic E-state index is 12.8. The van der Waals surface area contributed by atoms with Crippen LogP contribution < -0.4 is 4.18 Å². The first-order valence-electron chi connectivity index (χ1n) is 9.75. The van der Waals surface area contributed by atoms with Crippen molar-refractivity contribution in [3.05, 3.63) is 71.3 Å². The van der Waals surface area contributed by atoms with Crippen molar-refractivity contribution in [3.63, 3.8) is 0 Å². The molecular formula is C23H27NO6S. The van der Waals surface area contributed by atoms with Crippen LogP contribution in [0.5, 0.6) is 5.75 Å². The lowest BCUT2D eigenvalue weighted by Gasteiger charge is -2.20. The molecule has 0 aliphatic heterocycles. The second-order valence-electron chi connectivity index (χ2n) is 7.24. The Kier molecular flexibility index (Phi) is 7.99. The molecule has 0 aliphatic rings. The van der Waals surface area contributed by atoms with Gasteiger partial charge in [0.1, 0.15) is 10.5 Å². The highest BCUT2D eigenvalue weighted by Gasteiger charge is 2.24. The van der Waals surface area contributed by atoms with Crippen LogP contribution in [0.1, 0.15) is 35.3 Å². The summed E-state index contributed by atoms with van der Waals surface area (Å²) < 4.78 is 36.0. The molecular weight excluding hydrogens is 418 g/mol. The predicted molar refractivity (Wildman–Crippen MR) is 118 cm³/mol. The molecule has 0 N–H and O–H groups in total. The van der Waals surface area contributed by atoms with Crippen LogP contribution in [-0.2, 0) is 19.6 Å². The molecule has 0 radical (unpaired) electrons. The van der Waals surface area contributed by atoms with Crippen molar-refractivity contribution in [2.75, 3.05) is 19.7 Å². The van der Waals surface area contributed by atoms with Gasteiger partial charge in [-0.2, -0.15) is 8.42 Å². The topological polar surface area (TPSA) is 90.0 Å². The van der Waals surface area contributed by atoms with E-state index in [2.05, 4.69) is 6.58 Å². The van der Waals surface area contributed by atoms with Gasteiger partial charge in [0.2, 0.25) is 0 Å². The standard InChI is InChI=1S/C23H27NO6S/c1-6-24(14-16(2)3)22(25)15-29-23(26)19-9-7-8-10-20(19)30-31(27,28)21-13-17(4)11-12-18(21)5/h7-13H,2,6,14-15H2,1,3-5H3. The summed E-state index contributed by atoms with van der Waals surface area (Å²) in [6.45, 7) is 11.1. The monoisotopic (exact) mass is 445 g/mol. The molecule has 31 heavy (non-hydrogen) atoms. The fraction of sp³-hybridized carbons (Fsp3) is 0.304. The van der Waals surface area contributed by atoms with Gasteiger partial charge in [-0.1, -0.05) is 36.4 Å². The average molecular weight is 446 g/mol. The van der Waals surface area contributed by atoms with Crippen LogP contribution in [-0.4, -0.2) is 44.9 Å². The van der Waals surface area contributed by atoms with Crippen molar-refractivity contribution in [1.29, 1.82) is 0 Å². The third-order valence-electron chi connectivity index (χ3n) is 4.44. The summed E-state index contributed by atoms with van der Waals surface area (Å²) in [6.07, 6.45) is 0. The molecule has 0 aromatic heterocycles. The molecule has 2 rings (SSSR count). The molecule has 2 aromatic carbocycles. The zero-order valence-corrected chi connectivity index (χ0v) is 19.0. The minimum Gasteiger partial charge on any atom is -0.452 e. The lowest BCUT2D eigenvalue weighted by molar-refractivity contribution is -0.133. The number of aryl methyl sites for hydroxylation is 2. The Bertz CT molecular complexity index is 1090. The molecule has 0 atom stereocenters. The van der Waals surface area contributed by atoms with Gasteiger partial charge in [-0.05, 0) is 57.0 Å². The van der Waals surface area contributed by atoms with E-state index in [-0.39, 0.29) is 22.1 Å². The van der Waals surface area contributed by atoms with Gasteiger partial charge in [-0.15, -0.1) is 0 Å². The maximum absolute atomic E-state index is 12.8. The normalized spacial score (nSPS) is 11.0. The molecule has 0 bridgehead atoms. The number of ether oxygens (including phenoxy) is 1. The van der Waals surface area contributed by atoms with E-state index >= 15 is 0 Å². The van der Waals surface area contributed by atoms with Crippen molar-refractivity contribution in [2.45, 2.75) is 32.6 Å². The summed E-state index contributed by atoms with van der Waals surface area (Å²) in [5.41, 5.74) is 1.99. The summed E-state index contributed by atoms with van der Waals surface area (Å²) in [7, 11) is -4.18. The van der Waals surface area contributed by atoms with E-state index in [1.165, 1.54) is 23.1 Å². The van der Waals surface area contributed by atoms with Crippen LogP contribution >= 0.6 is 0 Å². The SMILES string of the molecule is C=C(C)CN(CC)C(=O)COC(=O)c1ccccc1OS(=O)(=O)c1cc(C)ccc1C. The van der Waals surface area contributed by atoms with Crippen LogP contribution in [0.4, 0.5) is 0 Å². The number of carbonyl (C=O) groups excluding carboxylic acids is 2. The van der Waals surface area contributed by atoms with Crippen molar-refractivity contribution in [2.24, 2.45) is 0 Å². The Balaban J connectivity index is 2.20. The smallest absolute Gasteiger partial charge is 0.342 e. The maximum Gasteiger partial charge on any atom is 0.342 e. The molecule has 1 amide bonds. The number of hydrogen-bond acceptors (Lipinski definition) is 6. The van der Waals surface area contributed by atoms with E-state index in [9.17, 15) is 18.0 Å². The molecule has 0 fully saturated rings. The van der Waals surface area contributed by atoms with Crippen LogP contribution in [0.25, 0.3) is 0 Å². The van der Waals surface area contributed by atoms with E-state index in [0.717, 1.165) is 11.1 Å². The van der Waals surface area contributed by atoms with Crippen LogP contribution in [0.15, 0.2) is 59.5 Å². The first-order chi connectivity index (χ1) is 14.5. The number of likely N-dealkylation sites (N-methyl/N-ethyl adjacent to an activating group) is 1. The van der Waals surface area contributed by atoms with Gasteiger partial charge < -0.3 is 13.8 Å². The first-order valence-corrected chi connectivity index (χ1v) is 11.2. The molecule has 0 unspecified atom stereocenters. The molecule has 2 aromatic rings. The van der Waals surface area contributed by atoms with Crippen LogP contribution in [0.2, 0.25) is 0 Å². The lowest BCUT2D eigenvalue weighted by Crippen LogP contribution is -2.35. The third-order valence-corrected chi connectivity index (χ3v) is 5.82. The van der Waals surface area contributed by atoms with Gasteiger partial charge in [0, 0.05) is 13.1 Å². The first kappa shape index (κ1) is 24.1. The minimum absolute atomic E-state index is 0.0178. The zero-order valence-electron chi connectivity index (χ0n) is 18.2. The number of hydrogen-bond donors (Lipinski definition) is 0. The Hall–Kier alpha value is -3.13. The molecule has 7 nitrogen and oxygen atoms in total. The van der Waals surface area contributed by atoms with Gasteiger partial charge in [-0.3, -0.25) is 4.79 Å². The van der Waals surface area contributed by atoms with Gasteiger partial charge in [0.25, 0.3) is 5.91 Å². The Morgan fingerprint density at radius 2 is 1.77 bits per heavy atom. The molecule has 0 aliphatic carbocycles. The number of rotatable bonds is 9. The predicted octanol–water partition coefficient (Wildman–Crippen LogP) is 3.65. The summed E-state index contributed by atoms with van der Waals surface area (Å²) in [6, 6.07) is 10.8. The number of amides is 1. The summed E-state index contributed by atoms with van der Waals surface area (Å²) in [5.74, 6) is -1.40. The highest BCUT2D eigenvalue weighted by molar-refractivity contribution is 7.87. The van der Waals surface area contributed by atoms with Gasteiger partial charge in [0.15, 0.2) is 12.4 Å². The average Bonchev–Trinajstić information content (AvgIpc) is 2.71. The lowest BCUT2D eigenvalue weighted by atomic mass is 10.2. The molecule has 166 valence electrons. The number of para-hydroxylation sites is 1. The number of nitrogens with zero attached hydrogens (tertiary/aromatic N) is 1. The Morgan fingerprint density at radius 1 is 1.10 bits per heavy atom. The van der Waals surface area contributed by atoms with E-state index in [0.29, 0.717) is 18.7 Å². The summed E-state index contributed by atoms with van der Waals surface area (Å²) in [4.78, 5) is 26.4. The number of carbonyl (C=O) groups is 2. The largest absolute Gasteiger partial charge is 0.452 e. The van der Waals surface area contributed by atoms with Crippen molar-refractivity contribution >= 4 is 22.0 Å². The number of esters is 1. The highest BCUT2D eigenvalue weighted by atomic mass is 32.2. The fourth-order valence-corrected chi connectivity index (χ4v) is 4.11. The molecule has 8 heteroatoms. The Labute approximate surface area is 183 Å². The highest BCUT2D eigenvalue weighted by Crippen LogP contribution is 2.26. The number of benzene rings is 2. The second-order valence-corrected chi connectivity index (χ2v) is 8.76. The molecule has 0 saturated heterocycles.